The average Bonchev–Trinajstić information content (AvgIpc) is 3.45. The predicted octanol–water partition coefficient (Wildman–Crippen LogP) is 4.31. The second-order valence-electron chi connectivity index (χ2n) is 7.62. The van der Waals surface area contributed by atoms with Crippen molar-refractivity contribution in [3.05, 3.63) is 63.7 Å². The van der Waals surface area contributed by atoms with Crippen LogP contribution in [0.1, 0.15) is 59.1 Å². The third kappa shape index (κ3) is 3.21. The second kappa shape index (κ2) is 7.17. The minimum atomic E-state index is 0.375. The SMILES string of the molecule is Cc1ncsc1CCc1nc([C@@H]2C[C@H](c3ccccc3)N3CCC[C@@H]23)no1. The molecule has 0 N–H and O–H groups in total. The van der Waals surface area contributed by atoms with Crippen LogP contribution in [0.4, 0.5) is 0 Å². The van der Waals surface area contributed by atoms with Gasteiger partial charge in [0, 0.05) is 29.3 Å². The van der Waals surface area contributed by atoms with Crippen molar-refractivity contribution in [1.82, 2.24) is 20.0 Å². The van der Waals surface area contributed by atoms with Gasteiger partial charge in [-0.2, -0.15) is 4.98 Å². The van der Waals surface area contributed by atoms with E-state index in [1.54, 1.807) is 11.3 Å². The first-order chi connectivity index (χ1) is 13.3. The lowest BCUT2D eigenvalue weighted by Crippen LogP contribution is -2.27. The third-order valence-electron chi connectivity index (χ3n) is 6.09. The summed E-state index contributed by atoms with van der Waals surface area (Å²) in [6.07, 6.45) is 5.30. The van der Waals surface area contributed by atoms with Crippen LogP contribution < -0.4 is 0 Å². The monoisotopic (exact) mass is 380 g/mol. The summed E-state index contributed by atoms with van der Waals surface area (Å²) in [6.45, 7) is 3.23. The Kier molecular flexibility index (Phi) is 4.53. The van der Waals surface area contributed by atoms with E-state index >= 15 is 0 Å². The van der Waals surface area contributed by atoms with E-state index in [0.717, 1.165) is 36.7 Å². The lowest BCUT2D eigenvalue weighted by molar-refractivity contribution is 0.243. The number of thiazole rings is 1. The Morgan fingerprint density at radius 2 is 2.11 bits per heavy atom. The molecule has 5 nitrogen and oxygen atoms in total. The maximum Gasteiger partial charge on any atom is 0.227 e. The zero-order chi connectivity index (χ0) is 18.2. The highest BCUT2D eigenvalue weighted by Crippen LogP contribution is 2.48. The van der Waals surface area contributed by atoms with E-state index in [1.807, 2.05) is 5.51 Å². The predicted molar refractivity (Wildman–Crippen MR) is 105 cm³/mol. The molecule has 3 aromatic rings. The van der Waals surface area contributed by atoms with Crippen molar-refractivity contribution in [3.8, 4) is 0 Å². The van der Waals surface area contributed by atoms with Crippen molar-refractivity contribution in [2.24, 2.45) is 0 Å². The van der Waals surface area contributed by atoms with Gasteiger partial charge in [-0.3, -0.25) is 4.90 Å². The summed E-state index contributed by atoms with van der Waals surface area (Å²) in [4.78, 5) is 13.1. The average molecular weight is 381 g/mol. The molecule has 3 atom stereocenters. The van der Waals surface area contributed by atoms with Gasteiger partial charge in [-0.15, -0.1) is 11.3 Å². The Bertz CT molecular complexity index is 906. The normalized spacial score (nSPS) is 25.1. The number of hydrogen-bond acceptors (Lipinski definition) is 6. The van der Waals surface area contributed by atoms with Gasteiger partial charge < -0.3 is 4.52 Å². The van der Waals surface area contributed by atoms with Gasteiger partial charge >= 0.3 is 0 Å². The molecule has 0 bridgehead atoms. The van der Waals surface area contributed by atoms with Crippen LogP contribution in [0, 0.1) is 6.92 Å². The molecular weight excluding hydrogens is 356 g/mol. The fourth-order valence-electron chi connectivity index (χ4n) is 4.75. The maximum absolute atomic E-state index is 5.61. The molecule has 27 heavy (non-hydrogen) atoms. The molecule has 2 fully saturated rings. The molecule has 0 radical (unpaired) electrons. The molecule has 2 saturated heterocycles. The minimum absolute atomic E-state index is 0.375. The number of fused-ring (bicyclic) bond motifs is 1. The van der Waals surface area contributed by atoms with Gasteiger partial charge in [-0.05, 0) is 44.7 Å². The van der Waals surface area contributed by atoms with E-state index in [9.17, 15) is 0 Å². The summed E-state index contributed by atoms with van der Waals surface area (Å²) in [5, 5.41) is 4.38. The second-order valence-corrected chi connectivity index (χ2v) is 8.56. The van der Waals surface area contributed by atoms with Crippen molar-refractivity contribution in [2.45, 2.75) is 57.0 Å². The quantitative estimate of drug-likeness (QED) is 0.660. The van der Waals surface area contributed by atoms with Crippen molar-refractivity contribution >= 4 is 11.3 Å². The van der Waals surface area contributed by atoms with E-state index in [4.69, 9.17) is 9.51 Å². The first kappa shape index (κ1) is 17.1. The highest BCUT2D eigenvalue weighted by atomic mass is 32.1. The van der Waals surface area contributed by atoms with Crippen LogP contribution in [-0.2, 0) is 12.8 Å². The van der Waals surface area contributed by atoms with Gasteiger partial charge in [-0.25, -0.2) is 4.98 Å². The van der Waals surface area contributed by atoms with Gasteiger partial charge in [0.25, 0.3) is 0 Å². The summed E-state index contributed by atoms with van der Waals surface area (Å²) in [5.41, 5.74) is 4.43. The number of benzene rings is 1. The molecule has 0 spiro atoms. The number of aromatic nitrogens is 3. The topological polar surface area (TPSA) is 55.1 Å². The highest BCUT2D eigenvalue weighted by Gasteiger charge is 2.46. The van der Waals surface area contributed by atoms with Crippen LogP contribution in [-0.4, -0.2) is 32.6 Å². The standard InChI is InChI=1S/C21H24N4OS/c1-14-19(27-13-22-14)9-10-20-23-21(24-26-20)16-12-18(15-6-3-2-4-7-15)25-11-5-8-17(16)25/h2-4,6-7,13,16-18H,5,8-12H2,1H3/t16-,17+,18-/m1/s1. The Morgan fingerprint density at radius 1 is 1.22 bits per heavy atom. The van der Waals surface area contributed by atoms with Crippen molar-refractivity contribution < 1.29 is 4.52 Å². The van der Waals surface area contributed by atoms with Crippen molar-refractivity contribution in [1.29, 1.82) is 0 Å². The van der Waals surface area contributed by atoms with Crippen LogP contribution in [0.2, 0.25) is 0 Å². The van der Waals surface area contributed by atoms with Gasteiger partial charge in [0.15, 0.2) is 5.82 Å². The van der Waals surface area contributed by atoms with Gasteiger partial charge in [0.2, 0.25) is 5.89 Å². The van der Waals surface area contributed by atoms with E-state index < -0.39 is 0 Å². The molecule has 140 valence electrons. The summed E-state index contributed by atoms with van der Waals surface area (Å²) in [6, 6.07) is 11.9. The molecule has 5 rings (SSSR count). The fourth-order valence-corrected chi connectivity index (χ4v) is 5.54. The van der Waals surface area contributed by atoms with Gasteiger partial charge in [-0.1, -0.05) is 35.5 Å². The fraction of sp³-hybridized carbons (Fsp3) is 0.476. The number of rotatable bonds is 5. The zero-order valence-electron chi connectivity index (χ0n) is 15.5. The molecule has 2 aliphatic heterocycles. The molecule has 0 aliphatic carbocycles. The van der Waals surface area contributed by atoms with E-state index in [-0.39, 0.29) is 0 Å². The van der Waals surface area contributed by atoms with Crippen LogP contribution in [0.25, 0.3) is 0 Å². The molecule has 2 aromatic heterocycles. The molecule has 0 amide bonds. The van der Waals surface area contributed by atoms with Crippen LogP contribution in [0.5, 0.6) is 0 Å². The van der Waals surface area contributed by atoms with Crippen molar-refractivity contribution in [3.63, 3.8) is 0 Å². The third-order valence-corrected chi connectivity index (χ3v) is 7.09. The molecule has 0 saturated carbocycles. The Balaban J connectivity index is 1.33. The zero-order valence-corrected chi connectivity index (χ0v) is 16.4. The number of nitrogens with zero attached hydrogens (tertiary/aromatic N) is 4. The molecule has 1 aromatic carbocycles. The lowest BCUT2D eigenvalue weighted by Gasteiger charge is -2.24. The van der Waals surface area contributed by atoms with Gasteiger partial charge in [0.1, 0.15) is 0 Å². The first-order valence-electron chi connectivity index (χ1n) is 9.81. The Morgan fingerprint density at radius 3 is 2.93 bits per heavy atom. The highest BCUT2D eigenvalue weighted by molar-refractivity contribution is 7.09. The first-order valence-corrected chi connectivity index (χ1v) is 10.7. The molecular formula is C21H24N4OS. The van der Waals surface area contributed by atoms with E-state index in [2.05, 4.69) is 52.3 Å². The molecule has 6 heteroatoms. The van der Waals surface area contributed by atoms with E-state index in [1.165, 1.54) is 29.8 Å². The molecule has 2 aliphatic rings. The summed E-state index contributed by atoms with van der Waals surface area (Å²) in [5.74, 6) is 2.03. The van der Waals surface area contributed by atoms with Crippen LogP contribution in [0.3, 0.4) is 0 Å². The number of hydrogen-bond donors (Lipinski definition) is 0. The van der Waals surface area contributed by atoms with Crippen LogP contribution >= 0.6 is 11.3 Å². The minimum Gasteiger partial charge on any atom is -0.339 e. The Hall–Kier alpha value is -2.05. The van der Waals surface area contributed by atoms with E-state index in [0.29, 0.717) is 18.0 Å². The van der Waals surface area contributed by atoms with Crippen LogP contribution in [0.15, 0.2) is 40.4 Å². The largest absolute Gasteiger partial charge is 0.339 e. The molecule has 4 heterocycles. The summed E-state index contributed by atoms with van der Waals surface area (Å²) < 4.78 is 5.61. The lowest BCUT2D eigenvalue weighted by atomic mass is 9.94. The maximum atomic E-state index is 5.61. The van der Waals surface area contributed by atoms with Crippen molar-refractivity contribution in [2.75, 3.05) is 6.54 Å². The Labute approximate surface area is 163 Å². The molecule has 0 unspecified atom stereocenters. The van der Waals surface area contributed by atoms with Gasteiger partial charge in [0.05, 0.1) is 11.2 Å². The summed E-state index contributed by atoms with van der Waals surface area (Å²) in [7, 11) is 0. The number of aryl methyl sites for hydroxylation is 3. The summed E-state index contributed by atoms with van der Waals surface area (Å²) >= 11 is 1.70. The smallest absolute Gasteiger partial charge is 0.227 e.